The van der Waals surface area contributed by atoms with Crippen molar-refractivity contribution < 1.29 is 57.5 Å². The van der Waals surface area contributed by atoms with Gasteiger partial charge in [0, 0.05) is 26.2 Å². The molecule has 424 valence electrons. The number of fused-ring (bicyclic) bond motifs is 4. The average molecular weight is 1070 g/mol. The second kappa shape index (κ2) is 28.1. The fourth-order valence-electron chi connectivity index (χ4n) is 10.8. The topological polar surface area (TPSA) is 314 Å². The van der Waals surface area contributed by atoms with E-state index >= 15 is 0 Å². The maximum atomic E-state index is 13.9. The van der Waals surface area contributed by atoms with Crippen molar-refractivity contribution >= 4 is 70.9 Å². The minimum Gasteiger partial charge on any atom is -0.345 e. The van der Waals surface area contributed by atoms with Gasteiger partial charge in [0.1, 0.15) is 48.3 Å². The van der Waals surface area contributed by atoms with Crippen LogP contribution in [0.2, 0.25) is 0 Å². The SMILES string of the molecule is CC(C)C[C@@H]1NC(=O)[C@@H]2CCCN2C(=O)CNC(=O)[C@H](CC(C)C)NC(=O)[C@@H]2CCCN2C(=O)CNC(=O)[C@H](CC(C)C)NC(=O)[C@@H]2CCCN2C(=O)CNC(=O)[C@H](CC(C)C)NC(=O)[C@@H]2CCCN2C(=O)CNC1=O. The number of carbonyl (C=O) groups excluding carboxylic acids is 12. The van der Waals surface area contributed by atoms with E-state index < -0.39 is 145 Å². The molecule has 0 radical (unpaired) electrons. The minimum atomic E-state index is -1.09. The summed E-state index contributed by atoms with van der Waals surface area (Å²) >= 11 is 0. The Balaban J connectivity index is 1.38. The summed E-state index contributed by atoms with van der Waals surface area (Å²) in [5.41, 5.74) is 0. The second-order valence-corrected chi connectivity index (χ2v) is 22.6. The van der Waals surface area contributed by atoms with Crippen LogP contribution in [0.25, 0.3) is 0 Å². The van der Waals surface area contributed by atoms with Crippen LogP contribution in [0.3, 0.4) is 0 Å². The van der Waals surface area contributed by atoms with E-state index in [0.717, 1.165) is 0 Å². The summed E-state index contributed by atoms with van der Waals surface area (Å²) < 4.78 is 0. The number of nitrogens with zero attached hydrogens (tertiary/aromatic N) is 4. The lowest BCUT2D eigenvalue weighted by atomic mass is 10.0. The van der Waals surface area contributed by atoms with E-state index in [4.69, 9.17) is 0 Å². The fraction of sp³-hybridized carbons (Fsp3) is 0.769. The third-order valence-electron chi connectivity index (χ3n) is 14.5. The van der Waals surface area contributed by atoms with Crippen LogP contribution in [-0.2, 0) is 57.5 Å². The Labute approximate surface area is 446 Å². The third kappa shape index (κ3) is 16.8. The molecule has 12 amide bonds. The van der Waals surface area contributed by atoms with E-state index in [1.807, 2.05) is 55.4 Å². The first-order valence-electron chi connectivity index (χ1n) is 27.5. The summed E-state index contributed by atoms with van der Waals surface area (Å²) in [6, 6.07) is -8.20. The predicted molar refractivity (Wildman–Crippen MR) is 277 cm³/mol. The molecule has 24 nitrogen and oxygen atoms in total. The quantitative estimate of drug-likeness (QED) is 0.139. The third-order valence-corrected chi connectivity index (χ3v) is 14.5. The fourth-order valence-corrected chi connectivity index (χ4v) is 10.8. The van der Waals surface area contributed by atoms with Crippen LogP contribution in [0.5, 0.6) is 0 Å². The largest absolute Gasteiger partial charge is 0.345 e. The van der Waals surface area contributed by atoms with E-state index in [1.54, 1.807) is 0 Å². The zero-order chi connectivity index (χ0) is 56.0. The van der Waals surface area contributed by atoms with E-state index in [2.05, 4.69) is 42.5 Å². The number of amides is 12. The molecule has 0 aromatic rings. The van der Waals surface area contributed by atoms with Gasteiger partial charge in [0.15, 0.2) is 0 Å². The Morgan fingerprint density at radius 1 is 0.316 bits per heavy atom. The van der Waals surface area contributed by atoms with Crippen molar-refractivity contribution in [3.8, 4) is 0 Å². The molecule has 0 aromatic heterocycles. The molecule has 0 aromatic carbocycles. The van der Waals surface area contributed by atoms with E-state index in [9.17, 15) is 57.5 Å². The van der Waals surface area contributed by atoms with Crippen LogP contribution in [0, 0.1) is 23.7 Å². The molecule has 5 rings (SSSR count). The predicted octanol–water partition coefficient (Wildman–Crippen LogP) is -1.45. The van der Waals surface area contributed by atoms with Gasteiger partial charge in [-0.1, -0.05) is 55.4 Å². The summed E-state index contributed by atoms with van der Waals surface area (Å²) in [6.07, 6.45) is 3.83. The first-order valence-corrected chi connectivity index (χ1v) is 27.5. The lowest BCUT2D eigenvalue weighted by Gasteiger charge is -2.29. The lowest BCUT2D eigenvalue weighted by molar-refractivity contribution is -0.142. The Kier molecular flexibility index (Phi) is 22.4. The molecule has 0 aliphatic carbocycles. The molecule has 5 saturated heterocycles. The molecule has 0 unspecified atom stereocenters. The van der Waals surface area contributed by atoms with Crippen molar-refractivity contribution in [2.24, 2.45) is 23.7 Å². The molecule has 8 N–H and O–H groups in total. The zero-order valence-corrected chi connectivity index (χ0v) is 45.8. The highest BCUT2D eigenvalue weighted by molar-refractivity contribution is 5.99. The monoisotopic (exact) mass is 1070 g/mol. The molecule has 76 heavy (non-hydrogen) atoms. The van der Waals surface area contributed by atoms with Gasteiger partial charge in [-0.05, 0) is 101 Å². The van der Waals surface area contributed by atoms with Crippen LogP contribution < -0.4 is 42.5 Å². The van der Waals surface area contributed by atoms with Crippen LogP contribution in [0.15, 0.2) is 0 Å². The Hall–Kier alpha value is -6.36. The van der Waals surface area contributed by atoms with Crippen LogP contribution >= 0.6 is 0 Å². The van der Waals surface area contributed by atoms with E-state index in [0.29, 0.717) is 25.7 Å². The van der Waals surface area contributed by atoms with Crippen LogP contribution in [-0.4, -0.2) is 191 Å². The van der Waals surface area contributed by atoms with Gasteiger partial charge in [0.05, 0.1) is 26.2 Å². The lowest BCUT2D eigenvalue weighted by Crippen LogP contribution is -2.58. The molecule has 24 heteroatoms. The van der Waals surface area contributed by atoms with Crippen molar-refractivity contribution in [1.29, 1.82) is 0 Å². The van der Waals surface area contributed by atoms with Gasteiger partial charge < -0.3 is 62.1 Å². The summed E-state index contributed by atoms with van der Waals surface area (Å²) in [6.45, 7) is 13.7. The molecular formula is C52H84N12O12. The maximum absolute atomic E-state index is 13.9. The zero-order valence-electron chi connectivity index (χ0n) is 45.8. The summed E-state index contributed by atoms with van der Waals surface area (Å²) in [5.74, 6) is -7.46. The Bertz CT molecular complexity index is 1870. The van der Waals surface area contributed by atoms with E-state index in [1.165, 1.54) is 19.6 Å². The summed E-state index contributed by atoms with van der Waals surface area (Å²) in [7, 11) is 0. The number of rotatable bonds is 8. The molecule has 0 spiro atoms. The maximum Gasteiger partial charge on any atom is 0.243 e. The number of hydrogen-bond acceptors (Lipinski definition) is 12. The first-order chi connectivity index (χ1) is 35.9. The second-order valence-electron chi connectivity index (χ2n) is 22.6. The molecule has 5 aliphatic heterocycles. The van der Waals surface area contributed by atoms with Crippen molar-refractivity contribution in [1.82, 2.24) is 62.1 Å². The van der Waals surface area contributed by atoms with Crippen molar-refractivity contribution in [2.45, 2.75) is 181 Å². The highest BCUT2D eigenvalue weighted by atomic mass is 16.2. The molecule has 5 aliphatic rings. The highest BCUT2D eigenvalue weighted by Gasteiger charge is 2.41. The Morgan fingerprint density at radius 2 is 0.500 bits per heavy atom. The molecule has 0 saturated carbocycles. The summed E-state index contributed by atoms with van der Waals surface area (Å²) in [4.78, 5) is 171. The normalized spacial score (nSPS) is 28.4. The standard InChI is InChI=1S/C52H84N12O12/c1-29(2)21-33-45(69)53-25-41(65)62-18-10-14-38(62)50(74)58-35(23-31(5)6)47(71)55-27-43(67)64-20-12-16-40(64)52(76)60-36(24-32(7)8)48(72)56-28-44(68)63-19-11-15-39(63)51(75)59-34(22-30(3)4)46(70)54-26-42(66)61-17-9-13-37(61)49(73)57-33/h29-40H,9-28H2,1-8H3,(H,53,69)(H,54,70)(H,55,71)(H,56,72)(H,57,73)(H,58,74)(H,59,75)(H,60,76)/t33-,34-,35-,36-,37-,38-,39-,40-/m0/s1. The van der Waals surface area contributed by atoms with Crippen molar-refractivity contribution in [3.63, 3.8) is 0 Å². The van der Waals surface area contributed by atoms with Gasteiger partial charge in [-0.3, -0.25) is 57.5 Å². The smallest absolute Gasteiger partial charge is 0.243 e. The number of hydrogen-bond donors (Lipinski definition) is 8. The van der Waals surface area contributed by atoms with Gasteiger partial charge >= 0.3 is 0 Å². The van der Waals surface area contributed by atoms with Gasteiger partial charge in [-0.25, -0.2) is 0 Å². The van der Waals surface area contributed by atoms with Crippen LogP contribution in [0.4, 0.5) is 0 Å². The van der Waals surface area contributed by atoms with Crippen LogP contribution in [0.1, 0.15) is 132 Å². The van der Waals surface area contributed by atoms with Crippen molar-refractivity contribution in [3.05, 3.63) is 0 Å². The van der Waals surface area contributed by atoms with Gasteiger partial charge in [0.25, 0.3) is 0 Å². The molecule has 0 bridgehead atoms. The highest BCUT2D eigenvalue weighted by Crippen LogP contribution is 2.23. The van der Waals surface area contributed by atoms with Gasteiger partial charge in [0.2, 0.25) is 70.9 Å². The molecule has 5 heterocycles. The Morgan fingerprint density at radius 3 is 0.671 bits per heavy atom. The number of carbonyl (C=O) groups is 12. The summed E-state index contributed by atoms with van der Waals surface area (Å²) in [5, 5.41) is 21.6. The average Bonchev–Trinajstić information content (AvgIpc) is 4.21. The minimum absolute atomic E-state index is 0.0793. The first kappa shape index (κ1) is 60.5. The molecular weight excluding hydrogens is 985 g/mol. The van der Waals surface area contributed by atoms with Gasteiger partial charge in [-0.15, -0.1) is 0 Å². The molecule has 5 fully saturated rings. The molecule has 8 atom stereocenters. The van der Waals surface area contributed by atoms with E-state index in [-0.39, 0.29) is 101 Å². The number of nitrogens with one attached hydrogen (secondary N) is 8. The van der Waals surface area contributed by atoms with Crippen molar-refractivity contribution in [2.75, 3.05) is 52.4 Å². The van der Waals surface area contributed by atoms with Gasteiger partial charge in [-0.2, -0.15) is 0 Å².